The van der Waals surface area contributed by atoms with Crippen molar-refractivity contribution < 1.29 is 14.7 Å². The van der Waals surface area contributed by atoms with Gasteiger partial charge in [0.05, 0.1) is 11.8 Å². The summed E-state index contributed by atoms with van der Waals surface area (Å²) in [4.78, 5) is 46.5. The minimum atomic E-state index is -0.365. The number of pyridine rings is 2. The molecule has 1 saturated heterocycles. The lowest BCUT2D eigenvalue weighted by Gasteiger charge is -2.34. The third kappa shape index (κ3) is 8.46. The number of hydrogen-bond donors (Lipinski definition) is 2. The summed E-state index contributed by atoms with van der Waals surface area (Å²) < 4.78 is 0. The van der Waals surface area contributed by atoms with E-state index in [0.29, 0.717) is 25.3 Å². The minimum Gasteiger partial charge on any atom is -0.390 e. The Morgan fingerprint density at radius 3 is 2.44 bits per heavy atom. The van der Waals surface area contributed by atoms with Gasteiger partial charge in [-0.3, -0.25) is 19.5 Å². The highest BCUT2D eigenvalue weighted by atomic mass is 16.3. The van der Waals surface area contributed by atoms with E-state index < -0.39 is 0 Å². The molecule has 8 nitrogen and oxygen atoms in total. The van der Waals surface area contributed by atoms with Gasteiger partial charge in [-0.05, 0) is 117 Å². The molecule has 3 aliphatic rings. The standard InChI is InChI=1S/C38H48N4O3.C2H4O/c1-38(2,3)31-11-12-32-29(18-31)16-28-17-30(19-33(28)40-32)35(43)20-26(14-15-42-22-34(41(4)5)36(44)23-42)24-6-8-25(9-7-24)27-10-13-37(45)39-21-27;1-2-3/h6-10,13,16-17,21,26,31,34,36,44H,11-12,14-15,18-20,22-23H2,1-5H3,(H,39,45);2H,1H3/t26-,31-,34-,36-;/m0./s1. The molecule has 0 bridgehead atoms. The number of nitrogens with zero attached hydrogens (tertiary/aromatic N) is 3. The molecule has 1 fully saturated rings. The molecule has 1 aromatic carbocycles. The molecule has 0 saturated carbocycles. The van der Waals surface area contributed by atoms with Gasteiger partial charge in [-0.15, -0.1) is 0 Å². The largest absolute Gasteiger partial charge is 0.390 e. The summed E-state index contributed by atoms with van der Waals surface area (Å²) in [6, 6.07) is 14.2. The van der Waals surface area contributed by atoms with E-state index >= 15 is 0 Å². The van der Waals surface area contributed by atoms with E-state index in [4.69, 9.17) is 9.78 Å². The molecule has 4 atom stereocenters. The van der Waals surface area contributed by atoms with Crippen LogP contribution in [0.1, 0.15) is 81.0 Å². The van der Waals surface area contributed by atoms with Crippen molar-refractivity contribution >= 4 is 18.1 Å². The van der Waals surface area contributed by atoms with E-state index in [1.807, 2.05) is 20.2 Å². The molecular formula is C40H52N4O4. The molecule has 0 radical (unpaired) electrons. The SMILES string of the molecule is CC=O.CN(C)[C@H]1CN(CC[C@@H](CC(=O)C2=Cc3cc4c(nc3C2)CC[C@H](C(C)(C)C)C4)c2ccc(-c3ccc(=O)[nH]c3)cc2)C[C@@H]1O. The second kappa shape index (κ2) is 15.2. The first-order valence-electron chi connectivity index (χ1n) is 17.4. The van der Waals surface area contributed by atoms with Crippen LogP contribution < -0.4 is 5.56 Å². The summed E-state index contributed by atoms with van der Waals surface area (Å²) in [5, 5.41) is 10.6. The zero-order valence-corrected chi connectivity index (χ0v) is 29.5. The van der Waals surface area contributed by atoms with Crippen LogP contribution in [0.15, 0.2) is 59.0 Å². The zero-order chi connectivity index (χ0) is 34.6. The van der Waals surface area contributed by atoms with Crippen LogP contribution in [-0.4, -0.2) is 82.8 Å². The Bertz CT molecular complexity index is 1660. The maximum absolute atomic E-state index is 13.9. The fraction of sp³-hybridized carbons (Fsp3) is 0.500. The number of rotatable bonds is 9. The molecule has 2 aliphatic carbocycles. The normalized spacial score (nSPS) is 21.2. The van der Waals surface area contributed by atoms with E-state index in [-0.39, 0.29) is 34.8 Å². The Hall–Kier alpha value is -3.72. The summed E-state index contributed by atoms with van der Waals surface area (Å²) in [5.41, 5.74) is 8.89. The number of β-amino-alcohol motifs (C(OH)–C–C–N with tert-alkyl or cyclic N) is 1. The molecule has 1 aliphatic heterocycles. The quantitative estimate of drug-likeness (QED) is 0.295. The molecule has 256 valence electrons. The number of Topliss-reactive ketones (excluding diaryl/α,β-unsaturated/α-hetero) is 1. The Morgan fingerprint density at radius 2 is 1.81 bits per heavy atom. The molecule has 2 aromatic heterocycles. The maximum Gasteiger partial charge on any atom is 0.247 e. The van der Waals surface area contributed by atoms with Crippen LogP contribution in [0, 0.1) is 11.3 Å². The van der Waals surface area contributed by atoms with E-state index in [0.717, 1.165) is 72.2 Å². The number of allylic oxidation sites excluding steroid dienone is 1. The Morgan fingerprint density at radius 1 is 1.10 bits per heavy atom. The summed E-state index contributed by atoms with van der Waals surface area (Å²) in [6.45, 7) is 10.7. The van der Waals surface area contributed by atoms with Crippen molar-refractivity contribution in [2.24, 2.45) is 11.3 Å². The molecule has 0 amide bonds. The maximum atomic E-state index is 13.9. The van der Waals surface area contributed by atoms with Gasteiger partial charge in [0.1, 0.15) is 6.29 Å². The fourth-order valence-electron chi connectivity index (χ4n) is 7.48. The number of likely N-dealkylation sites (tertiary alicyclic amines) is 1. The highest BCUT2D eigenvalue weighted by molar-refractivity contribution is 6.02. The summed E-state index contributed by atoms with van der Waals surface area (Å²) in [5.74, 6) is 0.897. The number of hydrogen-bond acceptors (Lipinski definition) is 7. The first kappa shape index (κ1) is 35.6. The van der Waals surface area contributed by atoms with Gasteiger partial charge in [0, 0.05) is 55.5 Å². The van der Waals surface area contributed by atoms with Crippen LogP contribution in [0.4, 0.5) is 0 Å². The van der Waals surface area contributed by atoms with Crippen LogP contribution >= 0.6 is 0 Å². The first-order valence-corrected chi connectivity index (χ1v) is 17.4. The average molecular weight is 653 g/mol. The van der Waals surface area contributed by atoms with Gasteiger partial charge in [0.15, 0.2) is 5.78 Å². The van der Waals surface area contributed by atoms with Crippen molar-refractivity contribution in [3.8, 4) is 11.1 Å². The number of benzene rings is 1. The number of H-pyrrole nitrogens is 1. The number of likely N-dealkylation sites (N-methyl/N-ethyl adjacent to an activating group) is 1. The van der Waals surface area contributed by atoms with Crippen LogP contribution in [0.5, 0.6) is 0 Å². The van der Waals surface area contributed by atoms with Crippen molar-refractivity contribution in [1.82, 2.24) is 19.8 Å². The smallest absolute Gasteiger partial charge is 0.247 e. The van der Waals surface area contributed by atoms with Crippen LogP contribution in [0.25, 0.3) is 17.2 Å². The molecule has 3 heterocycles. The van der Waals surface area contributed by atoms with Gasteiger partial charge in [0.2, 0.25) is 5.56 Å². The van der Waals surface area contributed by atoms with Crippen molar-refractivity contribution in [2.45, 2.75) is 84.3 Å². The molecule has 6 rings (SSSR count). The molecule has 3 aromatic rings. The summed E-state index contributed by atoms with van der Waals surface area (Å²) in [7, 11) is 4.04. The number of nitrogens with one attached hydrogen (secondary N) is 1. The van der Waals surface area contributed by atoms with Gasteiger partial charge in [-0.2, -0.15) is 0 Å². The fourth-order valence-corrected chi connectivity index (χ4v) is 7.48. The molecule has 0 spiro atoms. The van der Waals surface area contributed by atoms with Crippen LogP contribution in [0.2, 0.25) is 0 Å². The number of aryl methyl sites for hydroxylation is 1. The second-order valence-corrected chi connectivity index (χ2v) is 15.1. The molecule has 8 heteroatoms. The number of fused-ring (bicyclic) bond motifs is 2. The van der Waals surface area contributed by atoms with Crippen molar-refractivity contribution in [2.75, 3.05) is 33.7 Å². The second-order valence-electron chi connectivity index (χ2n) is 15.1. The van der Waals surface area contributed by atoms with E-state index in [1.165, 1.54) is 30.7 Å². The van der Waals surface area contributed by atoms with Gasteiger partial charge >= 0.3 is 0 Å². The number of aromatic amines is 1. The lowest BCUT2D eigenvalue weighted by Crippen LogP contribution is -2.38. The molecule has 48 heavy (non-hydrogen) atoms. The summed E-state index contributed by atoms with van der Waals surface area (Å²) in [6.07, 6.45) is 9.36. The topological polar surface area (TPSA) is 107 Å². The summed E-state index contributed by atoms with van der Waals surface area (Å²) >= 11 is 0. The Labute approximate surface area is 285 Å². The number of aldehydes is 1. The lowest BCUT2D eigenvalue weighted by atomic mass is 9.71. The predicted molar refractivity (Wildman–Crippen MR) is 192 cm³/mol. The molecular weight excluding hydrogens is 600 g/mol. The van der Waals surface area contributed by atoms with Crippen molar-refractivity contribution in [3.63, 3.8) is 0 Å². The van der Waals surface area contributed by atoms with E-state index in [1.54, 1.807) is 6.20 Å². The first-order chi connectivity index (χ1) is 22.9. The number of carbonyl (C=O) groups is 2. The number of aliphatic hydroxyl groups excluding tert-OH is 1. The predicted octanol–water partition coefficient (Wildman–Crippen LogP) is 5.47. The average Bonchev–Trinajstić information content (AvgIpc) is 3.64. The Kier molecular flexibility index (Phi) is 11.3. The zero-order valence-electron chi connectivity index (χ0n) is 29.5. The highest BCUT2D eigenvalue weighted by Gasteiger charge is 2.34. The third-order valence-corrected chi connectivity index (χ3v) is 10.5. The van der Waals surface area contributed by atoms with E-state index in [9.17, 15) is 14.7 Å². The number of aromatic nitrogens is 2. The van der Waals surface area contributed by atoms with Crippen LogP contribution in [0.3, 0.4) is 0 Å². The van der Waals surface area contributed by atoms with Crippen molar-refractivity contribution in [3.05, 3.63) is 92.7 Å². The van der Waals surface area contributed by atoms with Gasteiger partial charge < -0.3 is 19.8 Å². The Balaban J connectivity index is 0.00000145. The van der Waals surface area contributed by atoms with Crippen LogP contribution in [-0.2, 0) is 28.9 Å². The third-order valence-electron chi connectivity index (χ3n) is 10.5. The van der Waals surface area contributed by atoms with E-state index in [2.05, 4.69) is 72.0 Å². The number of ketones is 1. The molecule has 2 N–H and O–H groups in total. The van der Waals surface area contributed by atoms with Gasteiger partial charge in [-0.1, -0.05) is 45.0 Å². The van der Waals surface area contributed by atoms with Crippen molar-refractivity contribution in [1.29, 1.82) is 0 Å². The molecule has 0 unspecified atom stereocenters. The monoisotopic (exact) mass is 652 g/mol. The van der Waals surface area contributed by atoms with Gasteiger partial charge in [0.25, 0.3) is 0 Å². The number of carbonyl (C=O) groups excluding carboxylic acids is 2. The lowest BCUT2D eigenvalue weighted by molar-refractivity contribution is -0.116. The highest BCUT2D eigenvalue weighted by Crippen LogP contribution is 2.39. The minimum absolute atomic E-state index is 0.0519. The number of aliphatic hydroxyl groups is 1. The van der Waals surface area contributed by atoms with Gasteiger partial charge in [-0.25, -0.2) is 0 Å².